The SMILES string of the molecule is CN1C(=O)CC(C(=O)NC(C)(C)C#N)[C@@]2(C)C1CC[C@@H]1[C@H]2CC[C@]2(C)CCC[C@@H]12. The van der Waals surface area contributed by atoms with Crippen LogP contribution in [-0.2, 0) is 9.59 Å². The molecular formula is C24H37N3O2. The van der Waals surface area contributed by atoms with Gasteiger partial charge in [-0.05, 0) is 75.5 Å². The molecule has 5 heteroatoms. The Morgan fingerprint density at radius 3 is 2.59 bits per heavy atom. The first kappa shape index (κ1) is 20.7. The predicted octanol–water partition coefficient (Wildman–Crippen LogP) is 3.88. The highest BCUT2D eigenvalue weighted by Crippen LogP contribution is 2.65. The number of nitrogens with zero attached hydrogens (tertiary/aromatic N) is 2. The third kappa shape index (κ3) is 3.01. The second kappa shape index (κ2) is 6.72. The van der Waals surface area contributed by atoms with E-state index in [-0.39, 0.29) is 35.6 Å². The lowest BCUT2D eigenvalue weighted by atomic mass is 9.45. The van der Waals surface area contributed by atoms with Gasteiger partial charge in [0.25, 0.3) is 0 Å². The van der Waals surface area contributed by atoms with Crippen molar-refractivity contribution in [3.63, 3.8) is 0 Å². The molecule has 4 fully saturated rings. The maximum absolute atomic E-state index is 13.4. The number of carbonyl (C=O) groups excluding carboxylic acids is 2. The van der Waals surface area contributed by atoms with Gasteiger partial charge in [-0.2, -0.15) is 5.26 Å². The summed E-state index contributed by atoms with van der Waals surface area (Å²) in [6.07, 6.45) is 8.87. The van der Waals surface area contributed by atoms with Crippen LogP contribution >= 0.6 is 0 Å². The average molecular weight is 400 g/mol. The maximum Gasteiger partial charge on any atom is 0.225 e. The molecular weight excluding hydrogens is 362 g/mol. The third-order valence-electron chi connectivity index (χ3n) is 9.53. The second-order valence-corrected chi connectivity index (χ2v) is 11.4. The number of likely N-dealkylation sites (tertiary alicyclic amines) is 1. The predicted molar refractivity (Wildman–Crippen MR) is 112 cm³/mol. The minimum absolute atomic E-state index is 0.0716. The molecule has 3 saturated carbocycles. The Bertz CT molecular complexity index is 756. The first-order chi connectivity index (χ1) is 13.5. The van der Waals surface area contributed by atoms with Crippen molar-refractivity contribution in [3.8, 4) is 6.07 Å². The number of rotatable bonds is 2. The minimum atomic E-state index is -0.917. The fourth-order valence-electron chi connectivity index (χ4n) is 7.98. The van der Waals surface area contributed by atoms with Gasteiger partial charge in [0, 0.05) is 24.9 Å². The Balaban J connectivity index is 1.70. The van der Waals surface area contributed by atoms with E-state index in [0.29, 0.717) is 17.3 Å². The molecule has 1 heterocycles. The monoisotopic (exact) mass is 399 g/mol. The molecule has 1 saturated heterocycles. The van der Waals surface area contributed by atoms with Crippen molar-refractivity contribution in [1.29, 1.82) is 5.26 Å². The molecule has 2 amide bonds. The van der Waals surface area contributed by atoms with E-state index in [4.69, 9.17) is 0 Å². The van der Waals surface area contributed by atoms with Crippen LogP contribution in [0.25, 0.3) is 0 Å². The zero-order chi connectivity index (χ0) is 21.2. The van der Waals surface area contributed by atoms with Crippen molar-refractivity contribution < 1.29 is 9.59 Å². The Labute approximate surface area is 175 Å². The lowest BCUT2D eigenvalue weighted by Crippen LogP contribution is -2.67. The molecule has 0 bridgehead atoms. The van der Waals surface area contributed by atoms with E-state index in [9.17, 15) is 14.9 Å². The van der Waals surface area contributed by atoms with Gasteiger partial charge in [-0.3, -0.25) is 9.59 Å². The highest BCUT2D eigenvalue weighted by atomic mass is 16.2. The van der Waals surface area contributed by atoms with Crippen molar-refractivity contribution >= 4 is 11.8 Å². The lowest BCUT2D eigenvalue weighted by molar-refractivity contribution is -0.176. The topological polar surface area (TPSA) is 73.2 Å². The summed E-state index contributed by atoms with van der Waals surface area (Å²) in [4.78, 5) is 28.2. The summed E-state index contributed by atoms with van der Waals surface area (Å²) in [7, 11) is 1.93. The van der Waals surface area contributed by atoms with E-state index >= 15 is 0 Å². The smallest absolute Gasteiger partial charge is 0.225 e. The molecule has 1 N–H and O–H groups in total. The maximum atomic E-state index is 13.4. The van der Waals surface area contributed by atoms with Gasteiger partial charge in [0.05, 0.1) is 12.0 Å². The fraction of sp³-hybridized carbons (Fsp3) is 0.875. The molecule has 3 aliphatic carbocycles. The van der Waals surface area contributed by atoms with Gasteiger partial charge in [-0.1, -0.05) is 20.3 Å². The number of piperidine rings is 1. The molecule has 1 aliphatic heterocycles. The summed E-state index contributed by atoms with van der Waals surface area (Å²) >= 11 is 0. The summed E-state index contributed by atoms with van der Waals surface area (Å²) in [5.74, 6) is 1.53. The fourth-order valence-corrected chi connectivity index (χ4v) is 7.98. The van der Waals surface area contributed by atoms with E-state index in [0.717, 1.165) is 18.8 Å². The molecule has 0 radical (unpaired) electrons. The summed E-state index contributed by atoms with van der Waals surface area (Å²) in [6.45, 7) is 8.25. The highest BCUT2D eigenvalue weighted by molar-refractivity contribution is 5.88. The van der Waals surface area contributed by atoms with Gasteiger partial charge in [-0.25, -0.2) is 0 Å². The van der Waals surface area contributed by atoms with Gasteiger partial charge in [0.1, 0.15) is 5.54 Å². The highest BCUT2D eigenvalue weighted by Gasteiger charge is 2.63. The molecule has 4 rings (SSSR count). The molecule has 2 unspecified atom stereocenters. The normalized spacial score (nSPS) is 44.3. The van der Waals surface area contributed by atoms with Crippen molar-refractivity contribution in [2.75, 3.05) is 7.05 Å². The van der Waals surface area contributed by atoms with Crippen LogP contribution in [0.3, 0.4) is 0 Å². The van der Waals surface area contributed by atoms with E-state index in [1.165, 1.54) is 32.1 Å². The molecule has 29 heavy (non-hydrogen) atoms. The standard InChI is InChI=1S/C24H37N3O2/c1-22(2,14-25)26-21(29)18-13-20(28)27(5)19-9-8-15-16-7-6-11-23(16,3)12-10-17(15)24(18,19)4/h15-19H,6-13H2,1-5H3,(H,26,29)/t15-,16-,17+,18?,19?,23-,24-/m0/s1. The molecule has 0 aromatic rings. The van der Waals surface area contributed by atoms with E-state index < -0.39 is 5.54 Å². The second-order valence-electron chi connectivity index (χ2n) is 11.4. The molecule has 0 spiro atoms. The Morgan fingerprint density at radius 1 is 1.17 bits per heavy atom. The molecule has 160 valence electrons. The number of hydrogen-bond donors (Lipinski definition) is 1. The summed E-state index contributed by atoms with van der Waals surface area (Å²) in [5, 5.41) is 12.4. The molecule has 0 aromatic carbocycles. The van der Waals surface area contributed by atoms with Gasteiger partial charge >= 0.3 is 0 Å². The number of fused-ring (bicyclic) bond motifs is 5. The zero-order valence-electron chi connectivity index (χ0n) is 18.8. The van der Waals surface area contributed by atoms with E-state index in [1.807, 2.05) is 11.9 Å². The van der Waals surface area contributed by atoms with Crippen LogP contribution in [0.1, 0.15) is 79.1 Å². The lowest BCUT2D eigenvalue weighted by Gasteiger charge is -2.63. The summed E-state index contributed by atoms with van der Waals surface area (Å²) in [6, 6.07) is 2.30. The molecule has 5 nitrogen and oxygen atoms in total. The number of amides is 2. The Morgan fingerprint density at radius 2 is 1.90 bits per heavy atom. The quantitative estimate of drug-likeness (QED) is 0.766. The molecule has 4 aliphatic rings. The van der Waals surface area contributed by atoms with Crippen LogP contribution in [0.2, 0.25) is 0 Å². The number of nitrogens with one attached hydrogen (secondary N) is 1. The average Bonchev–Trinajstić information content (AvgIpc) is 3.06. The minimum Gasteiger partial charge on any atom is -0.342 e. The summed E-state index contributed by atoms with van der Waals surface area (Å²) in [5.41, 5.74) is -0.660. The van der Waals surface area contributed by atoms with Gasteiger partial charge in [0.2, 0.25) is 11.8 Å². The zero-order valence-corrected chi connectivity index (χ0v) is 18.8. The van der Waals surface area contributed by atoms with Crippen molar-refractivity contribution in [2.45, 2.75) is 90.6 Å². The van der Waals surface area contributed by atoms with Gasteiger partial charge < -0.3 is 10.2 Å². The van der Waals surface area contributed by atoms with Crippen molar-refractivity contribution in [1.82, 2.24) is 10.2 Å². The number of hydrogen-bond acceptors (Lipinski definition) is 3. The third-order valence-corrected chi connectivity index (χ3v) is 9.53. The van der Waals surface area contributed by atoms with Crippen LogP contribution in [0.4, 0.5) is 0 Å². The molecule has 0 aromatic heterocycles. The van der Waals surface area contributed by atoms with Crippen molar-refractivity contribution in [2.24, 2.45) is 34.5 Å². The van der Waals surface area contributed by atoms with Crippen LogP contribution in [0, 0.1) is 45.8 Å². The Hall–Kier alpha value is -1.57. The van der Waals surface area contributed by atoms with Gasteiger partial charge in [0.15, 0.2) is 0 Å². The summed E-state index contributed by atoms with van der Waals surface area (Å²) < 4.78 is 0. The largest absolute Gasteiger partial charge is 0.342 e. The number of carbonyl (C=O) groups is 2. The van der Waals surface area contributed by atoms with Crippen LogP contribution in [0.5, 0.6) is 0 Å². The first-order valence-electron chi connectivity index (χ1n) is 11.5. The molecule has 7 atom stereocenters. The van der Waals surface area contributed by atoms with Crippen LogP contribution in [-0.4, -0.2) is 35.3 Å². The van der Waals surface area contributed by atoms with E-state index in [2.05, 4.69) is 25.2 Å². The van der Waals surface area contributed by atoms with E-state index in [1.54, 1.807) is 13.8 Å². The van der Waals surface area contributed by atoms with Crippen LogP contribution < -0.4 is 5.32 Å². The first-order valence-corrected chi connectivity index (χ1v) is 11.5. The Kier molecular flexibility index (Phi) is 4.80. The van der Waals surface area contributed by atoms with Gasteiger partial charge in [-0.15, -0.1) is 0 Å². The number of nitriles is 1. The van der Waals surface area contributed by atoms with Crippen molar-refractivity contribution in [3.05, 3.63) is 0 Å². The van der Waals surface area contributed by atoms with Crippen LogP contribution in [0.15, 0.2) is 0 Å².